The molecule has 0 aromatic heterocycles. The van der Waals surface area contributed by atoms with Crippen LogP contribution >= 0.6 is 0 Å². The summed E-state index contributed by atoms with van der Waals surface area (Å²) in [5.74, 6) is 2.02. The minimum Gasteiger partial charge on any atom is -0.496 e. The summed E-state index contributed by atoms with van der Waals surface area (Å²) in [6.45, 7) is 2.22. The highest BCUT2D eigenvalue weighted by Crippen LogP contribution is 2.31. The number of ketones is 1. The number of rotatable bonds is 6. The second-order valence-corrected chi connectivity index (χ2v) is 4.82. The number of carbonyl (C=O) groups excluding carboxylic acids is 1. The van der Waals surface area contributed by atoms with Gasteiger partial charge in [-0.05, 0) is 31.4 Å². The van der Waals surface area contributed by atoms with Crippen molar-refractivity contribution in [3.63, 3.8) is 0 Å². The lowest BCUT2D eigenvalue weighted by Crippen LogP contribution is -2.15. The van der Waals surface area contributed by atoms with Gasteiger partial charge < -0.3 is 9.47 Å². The number of ether oxygens (including phenoxy) is 2. The molecule has 3 nitrogen and oxygen atoms in total. The highest BCUT2D eigenvalue weighted by molar-refractivity contribution is 5.99. The van der Waals surface area contributed by atoms with Crippen molar-refractivity contribution in [1.82, 2.24) is 0 Å². The first-order chi connectivity index (χ1) is 8.72. The lowest BCUT2D eigenvalue weighted by atomic mass is 9.83. The highest BCUT2D eigenvalue weighted by atomic mass is 16.5. The molecule has 1 fully saturated rings. The van der Waals surface area contributed by atoms with Crippen molar-refractivity contribution in [3.8, 4) is 11.5 Å². The molecule has 1 saturated carbocycles. The Morgan fingerprint density at radius 2 is 2.06 bits per heavy atom. The van der Waals surface area contributed by atoms with E-state index in [-0.39, 0.29) is 5.78 Å². The van der Waals surface area contributed by atoms with Crippen molar-refractivity contribution < 1.29 is 14.3 Å². The van der Waals surface area contributed by atoms with Gasteiger partial charge in [0.05, 0.1) is 13.7 Å². The molecule has 18 heavy (non-hydrogen) atoms. The number of hydrogen-bond acceptors (Lipinski definition) is 3. The third-order valence-electron chi connectivity index (χ3n) is 3.57. The first-order valence-corrected chi connectivity index (χ1v) is 6.53. The normalized spacial score (nSPS) is 15.0. The van der Waals surface area contributed by atoms with Crippen LogP contribution in [0.5, 0.6) is 11.5 Å². The second-order valence-electron chi connectivity index (χ2n) is 4.82. The molecule has 0 unspecified atom stereocenters. The summed E-state index contributed by atoms with van der Waals surface area (Å²) in [6, 6.07) is 5.47. The van der Waals surface area contributed by atoms with Crippen LogP contribution in [0.3, 0.4) is 0 Å². The van der Waals surface area contributed by atoms with Gasteiger partial charge in [-0.2, -0.15) is 0 Å². The zero-order chi connectivity index (χ0) is 13.0. The molecule has 3 heteroatoms. The van der Waals surface area contributed by atoms with E-state index in [0.717, 1.165) is 12.3 Å². The van der Waals surface area contributed by atoms with E-state index in [1.807, 2.05) is 12.1 Å². The van der Waals surface area contributed by atoms with Crippen molar-refractivity contribution in [2.45, 2.75) is 32.6 Å². The zero-order valence-corrected chi connectivity index (χ0v) is 11.1. The van der Waals surface area contributed by atoms with Crippen LogP contribution in [0.2, 0.25) is 0 Å². The average Bonchev–Trinajstić information content (AvgIpc) is 2.31. The molecule has 1 aliphatic rings. The Hall–Kier alpha value is -1.51. The van der Waals surface area contributed by atoms with Gasteiger partial charge in [0.15, 0.2) is 5.78 Å². The Morgan fingerprint density at radius 1 is 1.33 bits per heavy atom. The molecule has 98 valence electrons. The largest absolute Gasteiger partial charge is 0.496 e. The van der Waals surface area contributed by atoms with E-state index in [2.05, 4.69) is 0 Å². The fraction of sp³-hybridized carbons (Fsp3) is 0.533. The van der Waals surface area contributed by atoms with Gasteiger partial charge in [-0.1, -0.05) is 25.3 Å². The van der Waals surface area contributed by atoms with Crippen LogP contribution in [0.1, 0.15) is 43.0 Å². The van der Waals surface area contributed by atoms with Crippen LogP contribution in [-0.2, 0) is 0 Å². The third-order valence-corrected chi connectivity index (χ3v) is 3.57. The smallest absolute Gasteiger partial charge is 0.167 e. The maximum atomic E-state index is 11.7. The SMILES string of the molecule is COc1cccc(OCCC2CCC2)c1C(C)=O. The van der Waals surface area contributed by atoms with Crippen molar-refractivity contribution in [3.05, 3.63) is 23.8 Å². The molecule has 0 radical (unpaired) electrons. The van der Waals surface area contributed by atoms with E-state index >= 15 is 0 Å². The molecule has 0 atom stereocenters. The summed E-state index contributed by atoms with van der Waals surface area (Å²) in [7, 11) is 1.57. The molecule has 1 aromatic carbocycles. The van der Waals surface area contributed by atoms with E-state index in [0.29, 0.717) is 23.7 Å². The standard InChI is InChI=1S/C15H20O3/c1-11(16)15-13(17-2)7-4-8-14(15)18-10-9-12-5-3-6-12/h4,7-8,12H,3,5-6,9-10H2,1-2H3. The number of carbonyl (C=O) groups is 1. The fourth-order valence-corrected chi connectivity index (χ4v) is 2.27. The summed E-state index contributed by atoms with van der Waals surface area (Å²) in [4.78, 5) is 11.7. The lowest BCUT2D eigenvalue weighted by molar-refractivity contribution is 0.101. The van der Waals surface area contributed by atoms with Gasteiger partial charge >= 0.3 is 0 Å². The first-order valence-electron chi connectivity index (χ1n) is 6.53. The molecule has 2 rings (SSSR count). The van der Waals surface area contributed by atoms with Crippen LogP contribution in [-0.4, -0.2) is 19.5 Å². The van der Waals surface area contributed by atoms with Gasteiger partial charge in [0.2, 0.25) is 0 Å². The minimum absolute atomic E-state index is 0.0221. The average molecular weight is 248 g/mol. The topological polar surface area (TPSA) is 35.5 Å². The summed E-state index contributed by atoms with van der Waals surface area (Å²) in [5.41, 5.74) is 0.550. The summed E-state index contributed by atoms with van der Waals surface area (Å²) >= 11 is 0. The predicted molar refractivity (Wildman–Crippen MR) is 70.5 cm³/mol. The Labute approximate surface area is 108 Å². The zero-order valence-electron chi connectivity index (χ0n) is 11.1. The van der Waals surface area contributed by atoms with Gasteiger partial charge in [0.25, 0.3) is 0 Å². The Kier molecular flexibility index (Phi) is 4.24. The Bertz CT molecular complexity index is 422. The Morgan fingerprint density at radius 3 is 2.61 bits per heavy atom. The fourth-order valence-electron chi connectivity index (χ4n) is 2.27. The third kappa shape index (κ3) is 2.84. The van der Waals surface area contributed by atoms with Gasteiger partial charge in [-0.15, -0.1) is 0 Å². The van der Waals surface area contributed by atoms with E-state index in [1.165, 1.54) is 26.2 Å². The van der Waals surface area contributed by atoms with Crippen molar-refractivity contribution in [2.75, 3.05) is 13.7 Å². The summed E-state index contributed by atoms with van der Waals surface area (Å²) in [5, 5.41) is 0. The van der Waals surface area contributed by atoms with Crippen LogP contribution in [0, 0.1) is 5.92 Å². The number of methoxy groups -OCH3 is 1. The molecule has 1 aliphatic carbocycles. The maximum Gasteiger partial charge on any atom is 0.167 e. The quantitative estimate of drug-likeness (QED) is 0.723. The molecule has 1 aromatic rings. The molecule has 0 heterocycles. The highest BCUT2D eigenvalue weighted by Gasteiger charge is 2.18. The van der Waals surface area contributed by atoms with Gasteiger partial charge in [0, 0.05) is 0 Å². The van der Waals surface area contributed by atoms with Crippen LogP contribution < -0.4 is 9.47 Å². The van der Waals surface area contributed by atoms with Crippen molar-refractivity contribution >= 4 is 5.78 Å². The van der Waals surface area contributed by atoms with Gasteiger partial charge in [-0.25, -0.2) is 0 Å². The monoisotopic (exact) mass is 248 g/mol. The molecule has 0 bridgehead atoms. The molecule has 0 amide bonds. The van der Waals surface area contributed by atoms with Crippen molar-refractivity contribution in [2.24, 2.45) is 5.92 Å². The molecular formula is C15H20O3. The van der Waals surface area contributed by atoms with Crippen LogP contribution in [0.25, 0.3) is 0 Å². The molecule has 0 N–H and O–H groups in total. The predicted octanol–water partition coefficient (Wildman–Crippen LogP) is 3.47. The van der Waals surface area contributed by atoms with E-state index in [9.17, 15) is 4.79 Å². The van der Waals surface area contributed by atoms with Gasteiger partial charge in [0.1, 0.15) is 17.1 Å². The first kappa shape index (κ1) is 12.9. The van der Waals surface area contributed by atoms with Gasteiger partial charge in [-0.3, -0.25) is 4.79 Å². The van der Waals surface area contributed by atoms with Crippen LogP contribution in [0.15, 0.2) is 18.2 Å². The van der Waals surface area contributed by atoms with E-state index < -0.39 is 0 Å². The second kappa shape index (κ2) is 5.89. The van der Waals surface area contributed by atoms with E-state index in [4.69, 9.17) is 9.47 Å². The van der Waals surface area contributed by atoms with Crippen LogP contribution in [0.4, 0.5) is 0 Å². The number of hydrogen-bond donors (Lipinski definition) is 0. The maximum absolute atomic E-state index is 11.7. The lowest BCUT2D eigenvalue weighted by Gasteiger charge is -2.25. The minimum atomic E-state index is -0.0221. The Balaban J connectivity index is 2.03. The van der Waals surface area contributed by atoms with Crippen molar-refractivity contribution in [1.29, 1.82) is 0 Å². The molecule has 0 spiro atoms. The summed E-state index contributed by atoms with van der Waals surface area (Å²) < 4.78 is 11.0. The molecule has 0 aliphatic heterocycles. The molecule has 0 saturated heterocycles. The van der Waals surface area contributed by atoms with E-state index in [1.54, 1.807) is 13.2 Å². The number of Topliss-reactive ketones (excluding diaryl/α,β-unsaturated/α-hetero) is 1. The molecular weight excluding hydrogens is 228 g/mol. The number of benzene rings is 1. The summed E-state index contributed by atoms with van der Waals surface area (Å²) in [6.07, 6.45) is 5.07.